The summed E-state index contributed by atoms with van der Waals surface area (Å²) >= 11 is 0. The normalized spacial score (nSPS) is 27.1. The Bertz CT molecular complexity index is 1300. The largest absolute Gasteiger partial charge is 0.387 e. The highest BCUT2D eigenvalue weighted by molar-refractivity contribution is 5.89. The summed E-state index contributed by atoms with van der Waals surface area (Å²) in [4.78, 5) is 26.9. The van der Waals surface area contributed by atoms with Crippen molar-refractivity contribution in [2.45, 2.75) is 69.6 Å². The number of aliphatic hydroxyl groups is 2. The number of urea groups is 1. The average molecular weight is 539 g/mol. The summed E-state index contributed by atoms with van der Waals surface area (Å²) in [5.41, 5.74) is 8.77. The molecule has 3 aromatic rings. The summed E-state index contributed by atoms with van der Waals surface area (Å²) in [5.74, 6) is 0.617. The van der Waals surface area contributed by atoms with E-state index in [2.05, 4.69) is 51.3 Å². The number of carbonyl (C=O) groups is 1. The predicted molar refractivity (Wildman–Crippen MR) is 147 cm³/mol. The van der Waals surface area contributed by atoms with Gasteiger partial charge in [-0.3, -0.25) is 4.57 Å². The van der Waals surface area contributed by atoms with Gasteiger partial charge in [0.25, 0.3) is 0 Å². The Morgan fingerprint density at radius 1 is 1.15 bits per heavy atom. The quantitative estimate of drug-likeness (QED) is 0.302. The van der Waals surface area contributed by atoms with E-state index in [1.54, 1.807) is 4.57 Å². The van der Waals surface area contributed by atoms with Crippen molar-refractivity contribution in [1.29, 1.82) is 0 Å². The van der Waals surface area contributed by atoms with Crippen molar-refractivity contribution in [3.8, 4) is 0 Å². The molecule has 1 aromatic carbocycles. The number of nitrogen functional groups attached to an aromatic ring is 1. The molecule has 2 fully saturated rings. The third-order valence-corrected chi connectivity index (χ3v) is 7.86. The Morgan fingerprint density at radius 2 is 1.87 bits per heavy atom. The monoisotopic (exact) mass is 538 g/mol. The van der Waals surface area contributed by atoms with Crippen LogP contribution < -0.4 is 16.4 Å². The smallest absolute Gasteiger partial charge is 0.319 e. The highest BCUT2D eigenvalue weighted by Gasteiger charge is 2.45. The number of aliphatic hydroxyl groups excluding tert-OH is 2. The van der Waals surface area contributed by atoms with Gasteiger partial charge in [-0.2, -0.15) is 0 Å². The lowest BCUT2D eigenvalue weighted by Gasteiger charge is -2.42. The number of nitrogens with one attached hydrogen (secondary N) is 2. The van der Waals surface area contributed by atoms with Crippen molar-refractivity contribution < 1.29 is 19.7 Å². The lowest BCUT2D eigenvalue weighted by molar-refractivity contribution is -0.0510. The van der Waals surface area contributed by atoms with Crippen LogP contribution in [-0.2, 0) is 10.2 Å². The molecule has 12 heteroatoms. The molecule has 2 aromatic heterocycles. The Kier molecular flexibility index (Phi) is 7.47. The fourth-order valence-corrected chi connectivity index (χ4v) is 5.29. The van der Waals surface area contributed by atoms with Crippen LogP contribution in [0.2, 0.25) is 0 Å². The molecule has 0 spiro atoms. The van der Waals surface area contributed by atoms with E-state index in [0.29, 0.717) is 36.2 Å². The molecule has 12 nitrogen and oxygen atoms in total. The number of hydrogen-bond donors (Lipinski definition) is 5. The Hall–Kier alpha value is -3.32. The van der Waals surface area contributed by atoms with Gasteiger partial charge in [-0.1, -0.05) is 32.9 Å². The minimum absolute atomic E-state index is 0.0670. The SMILES string of the molecule is CN(C[C@H]1O[C@@H](n2cnc3c(N)ncnc32)[C@H](O)[C@H]1O)C1CC(CNC(=O)Nc2ccc(C(C)(C)C)cc2)C1. The van der Waals surface area contributed by atoms with E-state index in [0.717, 1.165) is 18.5 Å². The maximum Gasteiger partial charge on any atom is 0.319 e. The number of hydrogen-bond acceptors (Lipinski definition) is 9. The number of aromatic nitrogens is 4. The van der Waals surface area contributed by atoms with E-state index in [1.165, 1.54) is 18.2 Å². The number of rotatable bonds is 7. The molecular formula is C27H38N8O4. The van der Waals surface area contributed by atoms with Crippen molar-refractivity contribution in [2.24, 2.45) is 5.92 Å². The Balaban J connectivity index is 1.07. The molecule has 0 radical (unpaired) electrons. The third-order valence-electron chi connectivity index (χ3n) is 7.86. The molecule has 4 atom stereocenters. The number of nitrogens with two attached hydrogens (primary N) is 1. The van der Waals surface area contributed by atoms with Gasteiger partial charge in [0.05, 0.1) is 6.33 Å². The first kappa shape index (κ1) is 27.3. The van der Waals surface area contributed by atoms with E-state index in [1.807, 2.05) is 31.3 Å². The van der Waals surface area contributed by atoms with Gasteiger partial charge in [-0.25, -0.2) is 19.7 Å². The fraction of sp³-hybridized carbons (Fsp3) is 0.556. The molecule has 0 bridgehead atoms. The number of ether oxygens (including phenoxy) is 1. The van der Waals surface area contributed by atoms with Crippen LogP contribution in [0.15, 0.2) is 36.9 Å². The molecule has 1 saturated carbocycles. The highest BCUT2D eigenvalue weighted by atomic mass is 16.6. The van der Waals surface area contributed by atoms with Gasteiger partial charge in [0, 0.05) is 24.8 Å². The molecule has 2 amide bonds. The summed E-state index contributed by atoms with van der Waals surface area (Å²) in [6.45, 7) is 7.52. The van der Waals surface area contributed by atoms with Gasteiger partial charge < -0.3 is 36.2 Å². The summed E-state index contributed by atoms with van der Waals surface area (Å²) in [5, 5.41) is 27.3. The van der Waals surface area contributed by atoms with E-state index < -0.39 is 24.5 Å². The van der Waals surface area contributed by atoms with E-state index >= 15 is 0 Å². The van der Waals surface area contributed by atoms with Crippen LogP contribution in [0.4, 0.5) is 16.3 Å². The van der Waals surface area contributed by atoms with Gasteiger partial charge in [-0.05, 0) is 48.9 Å². The second kappa shape index (κ2) is 10.7. The van der Waals surface area contributed by atoms with Gasteiger partial charge in [0.1, 0.15) is 30.2 Å². The predicted octanol–water partition coefficient (Wildman–Crippen LogP) is 1.86. The lowest BCUT2D eigenvalue weighted by Crippen LogP contribution is -2.50. The van der Waals surface area contributed by atoms with Crippen molar-refractivity contribution in [3.05, 3.63) is 42.5 Å². The van der Waals surface area contributed by atoms with Crippen molar-refractivity contribution in [3.63, 3.8) is 0 Å². The van der Waals surface area contributed by atoms with Crippen molar-refractivity contribution >= 4 is 28.7 Å². The molecule has 0 unspecified atom stereocenters. The van der Waals surface area contributed by atoms with E-state index in [-0.39, 0.29) is 17.3 Å². The molecule has 1 aliphatic heterocycles. The average Bonchev–Trinajstić information content (AvgIpc) is 3.40. The summed E-state index contributed by atoms with van der Waals surface area (Å²) in [7, 11) is 1.98. The molecule has 39 heavy (non-hydrogen) atoms. The zero-order valence-electron chi connectivity index (χ0n) is 22.8. The first-order chi connectivity index (χ1) is 18.5. The Labute approximate surface area is 227 Å². The number of fused-ring (bicyclic) bond motifs is 1. The van der Waals surface area contributed by atoms with Crippen LogP contribution in [0.1, 0.15) is 45.4 Å². The maximum atomic E-state index is 12.4. The van der Waals surface area contributed by atoms with Crippen LogP contribution in [0, 0.1) is 5.92 Å². The molecule has 3 heterocycles. The number of carbonyl (C=O) groups excluding carboxylic acids is 1. The summed E-state index contributed by atoms with van der Waals surface area (Å²) in [6.07, 6.45) is 1.05. The van der Waals surface area contributed by atoms with Crippen LogP contribution in [0.25, 0.3) is 11.2 Å². The molecule has 5 rings (SSSR count). The minimum atomic E-state index is -1.14. The highest BCUT2D eigenvalue weighted by Crippen LogP contribution is 2.35. The molecular weight excluding hydrogens is 500 g/mol. The van der Waals surface area contributed by atoms with Crippen LogP contribution in [0.5, 0.6) is 0 Å². The molecule has 6 N–H and O–H groups in total. The van der Waals surface area contributed by atoms with Gasteiger partial charge in [0.15, 0.2) is 17.7 Å². The number of nitrogens with zero attached hydrogens (tertiary/aromatic N) is 5. The van der Waals surface area contributed by atoms with Crippen LogP contribution in [-0.4, -0.2) is 85.2 Å². The van der Waals surface area contributed by atoms with Gasteiger partial charge in [0.2, 0.25) is 0 Å². The second-order valence-corrected chi connectivity index (χ2v) is 11.7. The lowest BCUT2D eigenvalue weighted by atomic mass is 9.79. The standard InChI is InChI=1S/C27H38N8O4/c1-27(2,3)16-5-7-17(8-6-16)33-26(38)29-11-15-9-18(10-15)34(4)12-19-21(36)22(37)25(39-19)35-14-32-20-23(28)30-13-31-24(20)35/h5-8,13-15,18-19,21-22,25,36-37H,9-12H2,1-4H3,(H2,28,30,31)(H2,29,33,38)/t15?,18?,19-,21+,22-,25-/m1/s1. The maximum absolute atomic E-state index is 12.4. The van der Waals surface area contributed by atoms with Crippen molar-refractivity contribution in [2.75, 3.05) is 31.2 Å². The zero-order valence-corrected chi connectivity index (χ0v) is 22.8. The van der Waals surface area contributed by atoms with E-state index in [9.17, 15) is 15.0 Å². The van der Waals surface area contributed by atoms with Crippen molar-refractivity contribution in [1.82, 2.24) is 29.7 Å². The first-order valence-corrected chi connectivity index (χ1v) is 13.3. The molecule has 210 valence electrons. The second-order valence-electron chi connectivity index (χ2n) is 11.7. The topological polar surface area (TPSA) is 164 Å². The molecule has 2 aliphatic rings. The summed E-state index contributed by atoms with van der Waals surface area (Å²) in [6, 6.07) is 8.02. The van der Waals surface area contributed by atoms with Gasteiger partial charge >= 0.3 is 6.03 Å². The van der Waals surface area contributed by atoms with E-state index in [4.69, 9.17) is 10.5 Å². The number of likely N-dealkylation sites (N-methyl/N-ethyl adjacent to an activating group) is 1. The minimum Gasteiger partial charge on any atom is -0.387 e. The van der Waals surface area contributed by atoms with Gasteiger partial charge in [-0.15, -0.1) is 0 Å². The van der Waals surface area contributed by atoms with Crippen LogP contribution >= 0.6 is 0 Å². The number of amides is 2. The fourth-order valence-electron chi connectivity index (χ4n) is 5.29. The zero-order chi connectivity index (χ0) is 27.9. The number of anilines is 2. The first-order valence-electron chi connectivity index (χ1n) is 13.3. The Morgan fingerprint density at radius 3 is 2.56 bits per heavy atom. The molecule has 1 saturated heterocycles. The molecule has 1 aliphatic carbocycles. The third kappa shape index (κ3) is 5.69. The number of imidazole rings is 1. The number of benzene rings is 1. The summed E-state index contributed by atoms with van der Waals surface area (Å²) < 4.78 is 7.65. The van der Waals surface area contributed by atoms with Crippen LogP contribution in [0.3, 0.4) is 0 Å².